The van der Waals surface area contributed by atoms with Gasteiger partial charge in [-0.2, -0.15) is 9.90 Å². The van der Waals surface area contributed by atoms with Crippen LogP contribution < -0.4 is 0 Å². The first-order chi connectivity index (χ1) is 10.6. The van der Waals surface area contributed by atoms with Crippen molar-refractivity contribution in [3.63, 3.8) is 0 Å². The van der Waals surface area contributed by atoms with Gasteiger partial charge in [-0.15, -0.1) is 5.10 Å². The van der Waals surface area contributed by atoms with Gasteiger partial charge >= 0.3 is 0 Å². The summed E-state index contributed by atoms with van der Waals surface area (Å²) in [4.78, 5) is 15.9. The SMILES string of the molecule is Cc1nn(-c2ccc(F)cc2)nc1C(=O)N1CCCCC1C. The molecule has 0 aliphatic carbocycles. The molecule has 0 radical (unpaired) electrons. The normalized spacial score (nSPS) is 18.5. The van der Waals surface area contributed by atoms with Crippen LogP contribution in [0.5, 0.6) is 0 Å². The number of aryl methyl sites for hydroxylation is 1. The first-order valence-corrected chi connectivity index (χ1v) is 7.57. The summed E-state index contributed by atoms with van der Waals surface area (Å²) < 4.78 is 13.0. The summed E-state index contributed by atoms with van der Waals surface area (Å²) >= 11 is 0. The molecule has 1 aromatic carbocycles. The minimum atomic E-state index is -0.314. The number of hydrogen-bond donors (Lipinski definition) is 0. The number of benzene rings is 1. The lowest BCUT2D eigenvalue weighted by Crippen LogP contribution is -2.42. The van der Waals surface area contributed by atoms with Gasteiger partial charge in [0.1, 0.15) is 5.82 Å². The monoisotopic (exact) mass is 302 g/mol. The molecule has 22 heavy (non-hydrogen) atoms. The van der Waals surface area contributed by atoms with E-state index in [-0.39, 0.29) is 17.8 Å². The van der Waals surface area contributed by atoms with Crippen molar-refractivity contribution in [3.8, 4) is 5.69 Å². The largest absolute Gasteiger partial charge is 0.334 e. The highest BCUT2D eigenvalue weighted by molar-refractivity contribution is 5.93. The van der Waals surface area contributed by atoms with Gasteiger partial charge in [-0.3, -0.25) is 4.79 Å². The molecule has 0 saturated carbocycles. The molecular formula is C16H19FN4O. The van der Waals surface area contributed by atoms with Crippen LogP contribution in [0.2, 0.25) is 0 Å². The van der Waals surface area contributed by atoms with E-state index in [1.54, 1.807) is 19.1 Å². The van der Waals surface area contributed by atoms with Crippen molar-refractivity contribution >= 4 is 5.91 Å². The number of aromatic nitrogens is 3. The Morgan fingerprint density at radius 2 is 1.95 bits per heavy atom. The van der Waals surface area contributed by atoms with E-state index in [1.165, 1.54) is 16.9 Å². The highest BCUT2D eigenvalue weighted by Gasteiger charge is 2.27. The zero-order valence-electron chi connectivity index (χ0n) is 12.8. The quantitative estimate of drug-likeness (QED) is 0.857. The standard InChI is InChI=1S/C16H19FN4O/c1-11-5-3-4-10-20(11)16(22)15-12(2)18-21(19-15)14-8-6-13(17)7-9-14/h6-9,11H,3-5,10H2,1-2H3. The molecule has 0 bridgehead atoms. The Hall–Kier alpha value is -2.24. The number of carbonyl (C=O) groups excluding carboxylic acids is 1. The maximum Gasteiger partial charge on any atom is 0.276 e. The van der Waals surface area contributed by atoms with E-state index in [0.717, 1.165) is 25.8 Å². The van der Waals surface area contributed by atoms with E-state index in [9.17, 15) is 9.18 Å². The molecule has 1 unspecified atom stereocenters. The summed E-state index contributed by atoms with van der Waals surface area (Å²) in [6.45, 7) is 4.61. The topological polar surface area (TPSA) is 51.0 Å². The Morgan fingerprint density at radius 1 is 1.23 bits per heavy atom. The van der Waals surface area contributed by atoms with Crippen LogP contribution in [-0.4, -0.2) is 38.4 Å². The Bertz CT molecular complexity index is 680. The summed E-state index contributed by atoms with van der Waals surface area (Å²) in [6, 6.07) is 6.11. The smallest absolute Gasteiger partial charge is 0.276 e. The van der Waals surface area contributed by atoms with Crippen molar-refractivity contribution in [3.05, 3.63) is 41.5 Å². The first-order valence-electron chi connectivity index (χ1n) is 7.57. The first kappa shape index (κ1) is 14.7. The lowest BCUT2D eigenvalue weighted by molar-refractivity contribution is 0.0628. The fourth-order valence-electron chi connectivity index (χ4n) is 2.80. The van der Waals surface area contributed by atoms with Crippen LogP contribution in [0.1, 0.15) is 42.4 Å². The van der Waals surface area contributed by atoms with E-state index in [1.807, 2.05) is 4.90 Å². The lowest BCUT2D eigenvalue weighted by Gasteiger charge is -2.32. The lowest BCUT2D eigenvalue weighted by atomic mass is 10.0. The molecule has 1 aliphatic heterocycles. The molecule has 116 valence electrons. The number of nitrogens with zero attached hydrogens (tertiary/aromatic N) is 4. The predicted molar refractivity (Wildman–Crippen MR) is 80.4 cm³/mol. The maximum atomic E-state index is 13.0. The average molecular weight is 302 g/mol. The van der Waals surface area contributed by atoms with Gasteiger partial charge in [0.15, 0.2) is 5.69 Å². The number of rotatable bonds is 2. The zero-order chi connectivity index (χ0) is 15.7. The van der Waals surface area contributed by atoms with Crippen LogP contribution in [0.4, 0.5) is 4.39 Å². The second-order valence-electron chi connectivity index (χ2n) is 5.74. The third-order valence-electron chi connectivity index (χ3n) is 4.11. The van der Waals surface area contributed by atoms with E-state index >= 15 is 0 Å². The van der Waals surface area contributed by atoms with Crippen LogP contribution in [0.3, 0.4) is 0 Å². The van der Waals surface area contributed by atoms with Gasteiger partial charge in [-0.05, 0) is 57.4 Å². The van der Waals surface area contributed by atoms with Crippen LogP contribution in [-0.2, 0) is 0 Å². The van der Waals surface area contributed by atoms with Crippen LogP contribution in [0, 0.1) is 12.7 Å². The van der Waals surface area contributed by atoms with Gasteiger partial charge in [-0.25, -0.2) is 4.39 Å². The molecule has 1 fully saturated rings. The van der Waals surface area contributed by atoms with Crippen molar-refractivity contribution in [2.24, 2.45) is 0 Å². The van der Waals surface area contributed by atoms with Crippen molar-refractivity contribution in [2.75, 3.05) is 6.54 Å². The molecule has 2 aromatic rings. The molecule has 0 spiro atoms. The Balaban J connectivity index is 1.88. The second-order valence-corrected chi connectivity index (χ2v) is 5.74. The van der Waals surface area contributed by atoms with E-state index in [2.05, 4.69) is 17.1 Å². The molecule has 0 N–H and O–H groups in total. The number of hydrogen-bond acceptors (Lipinski definition) is 3. The van der Waals surface area contributed by atoms with Crippen LogP contribution in [0.15, 0.2) is 24.3 Å². The van der Waals surface area contributed by atoms with Gasteiger partial charge in [0, 0.05) is 12.6 Å². The minimum Gasteiger partial charge on any atom is -0.334 e. The molecule has 6 heteroatoms. The molecule has 5 nitrogen and oxygen atoms in total. The fourth-order valence-corrected chi connectivity index (χ4v) is 2.80. The third-order valence-corrected chi connectivity index (χ3v) is 4.11. The van der Waals surface area contributed by atoms with Crippen LogP contribution in [0.25, 0.3) is 5.69 Å². The molecule has 1 aromatic heterocycles. The van der Waals surface area contributed by atoms with Crippen molar-refractivity contribution in [1.29, 1.82) is 0 Å². The number of carbonyl (C=O) groups is 1. The summed E-state index contributed by atoms with van der Waals surface area (Å²) in [5.74, 6) is -0.385. The average Bonchev–Trinajstić information content (AvgIpc) is 2.90. The third kappa shape index (κ3) is 2.73. The van der Waals surface area contributed by atoms with E-state index < -0.39 is 0 Å². The highest BCUT2D eigenvalue weighted by Crippen LogP contribution is 2.20. The van der Waals surface area contributed by atoms with Gasteiger partial charge < -0.3 is 4.90 Å². The molecule has 3 rings (SSSR count). The zero-order valence-corrected chi connectivity index (χ0v) is 12.8. The predicted octanol–water partition coefficient (Wildman–Crippen LogP) is 2.73. The molecular weight excluding hydrogens is 283 g/mol. The number of piperidine rings is 1. The van der Waals surface area contributed by atoms with Gasteiger partial charge in [-0.1, -0.05) is 0 Å². The maximum absolute atomic E-state index is 13.0. The van der Waals surface area contributed by atoms with Crippen molar-refractivity contribution in [2.45, 2.75) is 39.2 Å². The summed E-state index contributed by atoms with van der Waals surface area (Å²) in [5.41, 5.74) is 1.60. The summed E-state index contributed by atoms with van der Waals surface area (Å²) in [5, 5.41) is 8.60. The summed E-state index contributed by atoms with van der Waals surface area (Å²) in [7, 11) is 0. The van der Waals surface area contributed by atoms with E-state index in [4.69, 9.17) is 0 Å². The van der Waals surface area contributed by atoms with E-state index in [0.29, 0.717) is 17.1 Å². The number of halogens is 1. The molecule has 1 saturated heterocycles. The van der Waals surface area contributed by atoms with Gasteiger partial charge in [0.2, 0.25) is 0 Å². The molecule has 1 atom stereocenters. The van der Waals surface area contributed by atoms with Gasteiger partial charge in [0.05, 0.1) is 11.4 Å². The highest BCUT2D eigenvalue weighted by atomic mass is 19.1. The summed E-state index contributed by atoms with van der Waals surface area (Å²) in [6.07, 6.45) is 3.21. The van der Waals surface area contributed by atoms with Crippen molar-refractivity contribution < 1.29 is 9.18 Å². The second kappa shape index (κ2) is 5.87. The van der Waals surface area contributed by atoms with Gasteiger partial charge in [0.25, 0.3) is 5.91 Å². The number of likely N-dealkylation sites (tertiary alicyclic amines) is 1. The molecule has 1 amide bonds. The molecule has 1 aliphatic rings. The van der Waals surface area contributed by atoms with Crippen molar-refractivity contribution in [1.82, 2.24) is 19.9 Å². The fraction of sp³-hybridized carbons (Fsp3) is 0.438. The minimum absolute atomic E-state index is 0.0712. The Kier molecular flexibility index (Phi) is 3.92. The number of amides is 1. The Labute approximate surface area is 128 Å². The molecule has 2 heterocycles. The Morgan fingerprint density at radius 3 is 2.64 bits per heavy atom. The van der Waals surface area contributed by atoms with Crippen LogP contribution >= 0.6 is 0 Å².